The SMILES string of the molecule is Cc1cc(NC(=O)CCC(=O)O)ncc1Br. The number of aliphatic carboxylic acids is 1. The van der Waals surface area contributed by atoms with Crippen LogP contribution in [0.15, 0.2) is 16.7 Å². The zero-order valence-electron chi connectivity index (χ0n) is 8.66. The number of carboxylic acid groups (broad SMARTS) is 1. The second-order valence-electron chi connectivity index (χ2n) is 3.26. The van der Waals surface area contributed by atoms with Gasteiger partial charge >= 0.3 is 5.97 Å². The van der Waals surface area contributed by atoms with Gasteiger partial charge in [0.15, 0.2) is 0 Å². The molecule has 0 aliphatic rings. The largest absolute Gasteiger partial charge is 0.481 e. The number of aryl methyl sites for hydroxylation is 1. The van der Waals surface area contributed by atoms with Gasteiger partial charge in [-0.2, -0.15) is 0 Å². The fourth-order valence-corrected chi connectivity index (χ4v) is 1.25. The number of nitrogens with one attached hydrogen (secondary N) is 1. The molecular formula is C10H11BrN2O3. The molecule has 0 unspecified atom stereocenters. The van der Waals surface area contributed by atoms with E-state index in [4.69, 9.17) is 5.11 Å². The van der Waals surface area contributed by atoms with Crippen molar-refractivity contribution >= 4 is 33.6 Å². The van der Waals surface area contributed by atoms with E-state index in [-0.39, 0.29) is 18.7 Å². The van der Waals surface area contributed by atoms with Crippen molar-refractivity contribution in [3.8, 4) is 0 Å². The van der Waals surface area contributed by atoms with Crippen LogP contribution in [0.25, 0.3) is 0 Å². The van der Waals surface area contributed by atoms with Crippen molar-refractivity contribution in [3.63, 3.8) is 0 Å². The Hall–Kier alpha value is -1.43. The van der Waals surface area contributed by atoms with Crippen LogP contribution in [0.4, 0.5) is 5.82 Å². The lowest BCUT2D eigenvalue weighted by Crippen LogP contribution is -2.14. The third-order valence-electron chi connectivity index (χ3n) is 1.88. The van der Waals surface area contributed by atoms with E-state index in [1.807, 2.05) is 6.92 Å². The highest BCUT2D eigenvalue weighted by molar-refractivity contribution is 9.10. The molecule has 0 saturated heterocycles. The molecule has 0 saturated carbocycles. The molecule has 0 aromatic carbocycles. The molecular weight excluding hydrogens is 276 g/mol. The van der Waals surface area contributed by atoms with Crippen LogP contribution in [-0.2, 0) is 9.59 Å². The summed E-state index contributed by atoms with van der Waals surface area (Å²) in [5, 5.41) is 10.9. The number of carbonyl (C=O) groups excluding carboxylic acids is 1. The predicted octanol–water partition coefficient (Wildman–Crippen LogP) is 1.96. The summed E-state index contributed by atoms with van der Waals surface area (Å²) in [6, 6.07) is 1.71. The van der Waals surface area contributed by atoms with Crippen molar-refractivity contribution in [1.29, 1.82) is 0 Å². The van der Waals surface area contributed by atoms with Crippen molar-refractivity contribution in [2.75, 3.05) is 5.32 Å². The fraction of sp³-hybridized carbons (Fsp3) is 0.300. The number of anilines is 1. The minimum absolute atomic E-state index is 0.0495. The molecule has 0 atom stereocenters. The Morgan fingerprint density at radius 1 is 1.50 bits per heavy atom. The van der Waals surface area contributed by atoms with Gasteiger partial charge in [0.2, 0.25) is 5.91 Å². The standard InChI is InChI=1S/C10H11BrN2O3/c1-6-4-8(12-5-7(6)11)13-9(14)2-3-10(15)16/h4-5H,2-3H2,1H3,(H,15,16)(H,12,13,14). The first kappa shape index (κ1) is 12.6. The van der Waals surface area contributed by atoms with E-state index in [2.05, 4.69) is 26.2 Å². The van der Waals surface area contributed by atoms with Gasteiger partial charge in [-0.15, -0.1) is 0 Å². The van der Waals surface area contributed by atoms with Gasteiger partial charge in [-0.05, 0) is 34.5 Å². The summed E-state index contributed by atoms with van der Waals surface area (Å²) in [6.45, 7) is 1.87. The summed E-state index contributed by atoms with van der Waals surface area (Å²) < 4.78 is 0.857. The Kier molecular flexibility index (Phi) is 4.42. The number of amides is 1. The van der Waals surface area contributed by atoms with E-state index in [1.54, 1.807) is 12.3 Å². The van der Waals surface area contributed by atoms with Gasteiger partial charge in [-0.3, -0.25) is 9.59 Å². The number of nitrogens with zero attached hydrogens (tertiary/aromatic N) is 1. The van der Waals surface area contributed by atoms with Crippen LogP contribution in [0.3, 0.4) is 0 Å². The van der Waals surface area contributed by atoms with Crippen molar-refractivity contribution in [1.82, 2.24) is 4.98 Å². The summed E-state index contributed by atoms with van der Waals surface area (Å²) in [5.74, 6) is -0.914. The van der Waals surface area contributed by atoms with Crippen molar-refractivity contribution in [2.24, 2.45) is 0 Å². The molecule has 5 nitrogen and oxygen atoms in total. The number of carboxylic acids is 1. The monoisotopic (exact) mass is 286 g/mol. The molecule has 0 aliphatic carbocycles. The molecule has 1 amide bonds. The number of rotatable bonds is 4. The molecule has 1 aromatic heterocycles. The zero-order valence-corrected chi connectivity index (χ0v) is 10.2. The van der Waals surface area contributed by atoms with Gasteiger partial charge < -0.3 is 10.4 Å². The Morgan fingerprint density at radius 2 is 2.19 bits per heavy atom. The quantitative estimate of drug-likeness (QED) is 0.887. The summed E-state index contributed by atoms with van der Waals surface area (Å²) in [4.78, 5) is 25.5. The maximum Gasteiger partial charge on any atom is 0.303 e. The van der Waals surface area contributed by atoms with Crippen LogP contribution < -0.4 is 5.32 Å². The summed E-state index contributed by atoms with van der Waals surface area (Å²) in [5.41, 5.74) is 0.948. The molecule has 1 aromatic rings. The molecule has 2 N–H and O–H groups in total. The number of hydrogen-bond acceptors (Lipinski definition) is 3. The minimum Gasteiger partial charge on any atom is -0.481 e. The van der Waals surface area contributed by atoms with Gasteiger partial charge in [0.05, 0.1) is 6.42 Å². The van der Waals surface area contributed by atoms with E-state index in [1.165, 1.54) is 0 Å². The van der Waals surface area contributed by atoms with Gasteiger partial charge in [0.25, 0.3) is 0 Å². The van der Waals surface area contributed by atoms with Crippen molar-refractivity contribution in [2.45, 2.75) is 19.8 Å². The van der Waals surface area contributed by atoms with E-state index in [0.29, 0.717) is 5.82 Å². The van der Waals surface area contributed by atoms with Gasteiger partial charge in [-0.25, -0.2) is 4.98 Å². The lowest BCUT2D eigenvalue weighted by molar-refractivity contribution is -0.138. The summed E-state index contributed by atoms with van der Waals surface area (Å²) in [7, 11) is 0. The zero-order chi connectivity index (χ0) is 12.1. The molecule has 0 radical (unpaired) electrons. The summed E-state index contributed by atoms with van der Waals surface area (Å²) in [6.07, 6.45) is 1.36. The maximum atomic E-state index is 11.3. The first-order valence-electron chi connectivity index (χ1n) is 4.63. The topological polar surface area (TPSA) is 79.3 Å². The molecule has 86 valence electrons. The number of halogens is 1. The molecule has 16 heavy (non-hydrogen) atoms. The van der Waals surface area contributed by atoms with E-state index >= 15 is 0 Å². The molecule has 0 bridgehead atoms. The van der Waals surface area contributed by atoms with Gasteiger partial charge in [-0.1, -0.05) is 0 Å². The molecule has 0 fully saturated rings. The maximum absolute atomic E-state index is 11.3. The molecule has 0 aliphatic heterocycles. The number of hydrogen-bond donors (Lipinski definition) is 2. The van der Waals surface area contributed by atoms with Crippen LogP contribution in [-0.4, -0.2) is 22.0 Å². The van der Waals surface area contributed by atoms with E-state index in [9.17, 15) is 9.59 Å². The Bertz CT molecular complexity index is 421. The van der Waals surface area contributed by atoms with Gasteiger partial charge in [0.1, 0.15) is 5.82 Å². The Labute approximate surface area is 101 Å². The first-order chi connectivity index (χ1) is 7.49. The van der Waals surface area contributed by atoms with Crippen LogP contribution in [0.1, 0.15) is 18.4 Å². The number of carbonyl (C=O) groups is 2. The number of aromatic nitrogens is 1. The third kappa shape index (κ3) is 3.98. The average molecular weight is 287 g/mol. The molecule has 0 spiro atoms. The van der Waals surface area contributed by atoms with E-state index in [0.717, 1.165) is 10.0 Å². The lowest BCUT2D eigenvalue weighted by atomic mass is 10.3. The normalized spacial score (nSPS) is 9.88. The van der Waals surface area contributed by atoms with E-state index < -0.39 is 5.97 Å². The van der Waals surface area contributed by atoms with Crippen LogP contribution in [0.2, 0.25) is 0 Å². The predicted molar refractivity (Wildman–Crippen MR) is 62.2 cm³/mol. The molecule has 1 heterocycles. The fourth-order valence-electron chi connectivity index (χ4n) is 1.03. The second-order valence-corrected chi connectivity index (χ2v) is 4.11. The molecule has 1 rings (SSSR count). The van der Waals surface area contributed by atoms with Crippen LogP contribution in [0, 0.1) is 6.92 Å². The second kappa shape index (κ2) is 5.60. The van der Waals surface area contributed by atoms with Crippen molar-refractivity contribution < 1.29 is 14.7 Å². The Balaban J connectivity index is 2.56. The third-order valence-corrected chi connectivity index (χ3v) is 2.71. The highest BCUT2D eigenvalue weighted by Crippen LogP contribution is 2.17. The van der Waals surface area contributed by atoms with Crippen molar-refractivity contribution in [3.05, 3.63) is 22.3 Å². The highest BCUT2D eigenvalue weighted by Gasteiger charge is 2.07. The highest BCUT2D eigenvalue weighted by atomic mass is 79.9. The first-order valence-corrected chi connectivity index (χ1v) is 5.42. The van der Waals surface area contributed by atoms with Gasteiger partial charge in [0, 0.05) is 17.1 Å². The van der Waals surface area contributed by atoms with Crippen LogP contribution in [0.5, 0.6) is 0 Å². The average Bonchev–Trinajstić information content (AvgIpc) is 2.21. The lowest BCUT2D eigenvalue weighted by Gasteiger charge is -2.05. The van der Waals surface area contributed by atoms with Crippen LogP contribution >= 0.6 is 15.9 Å². The Morgan fingerprint density at radius 3 is 2.75 bits per heavy atom. The smallest absolute Gasteiger partial charge is 0.303 e. The summed E-state index contributed by atoms with van der Waals surface area (Å²) >= 11 is 3.29. The number of pyridine rings is 1. The molecule has 6 heteroatoms. The minimum atomic E-state index is -0.991.